The normalized spacial score (nSPS) is 10.6. The molecule has 1 aromatic rings. The Bertz CT molecular complexity index is 758. The third kappa shape index (κ3) is 33.9. The molecule has 40 heavy (non-hydrogen) atoms. The first-order valence-electron chi connectivity index (χ1n) is 13.6. The van der Waals surface area contributed by atoms with E-state index in [1.54, 1.807) is 12.1 Å². The summed E-state index contributed by atoms with van der Waals surface area (Å²) in [5.41, 5.74) is 12.2. The summed E-state index contributed by atoms with van der Waals surface area (Å²) in [5, 5.41) is 26.0. The molecule has 0 aliphatic carbocycles. The number of ether oxygens (including phenoxy) is 1. The second kappa shape index (κ2) is 33.1. The smallest absolute Gasteiger partial charge is 0.207 e. The number of aliphatic hydroxyl groups excluding tert-OH is 2. The van der Waals surface area contributed by atoms with Crippen LogP contribution in [0.5, 0.6) is 0 Å². The molecule has 0 heterocycles. The van der Waals surface area contributed by atoms with Crippen LogP contribution in [0, 0.1) is 17.8 Å². The van der Waals surface area contributed by atoms with Crippen LogP contribution in [0.4, 0.5) is 0 Å². The van der Waals surface area contributed by atoms with E-state index in [1.165, 1.54) is 6.42 Å². The van der Waals surface area contributed by atoms with E-state index in [9.17, 15) is 9.59 Å². The van der Waals surface area contributed by atoms with E-state index in [0.29, 0.717) is 31.9 Å². The number of nitrogens with one attached hydrogen (secondary N) is 1. The van der Waals surface area contributed by atoms with Gasteiger partial charge in [-0.25, -0.2) is 0 Å². The number of benzene rings is 1. The van der Waals surface area contributed by atoms with Crippen molar-refractivity contribution in [2.45, 2.75) is 80.7 Å². The molecule has 0 aliphatic rings. The Morgan fingerprint density at radius 2 is 1.60 bits per heavy atom. The molecule has 0 atom stereocenters. The molecular formula is C29H54N5O5Re-. The summed E-state index contributed by atoms with van der Waals surface area (Å²) in [6.07, 6.45) is 6.23. The van der Waals surface area contributed by atoms with Crippen LogP contribution in [-0.4, -0.2) is 61.0 Å². The number of Topliss-reactive ketones (excluding diaryl/α,β-unsaturated/α-hetero) is 1. The number of amides is 1. The fraction of sp³-hybridized carbons (Fsp3) is 0.655. The van der Waals surface area contributed by atoms with E-state index >= 15 is 0 Å². The Kier molecular flexibility index (Phi) is 37.1. The summed E-state index contributed by atoms with van der Waals surface area (Å²) < 4.78 is 5.29. The van der Waals surface area contributed by atoms with Crippen LogP contribution in [0.3, 0.4) is 0 Å². The van der Waals surface area contributed by atoms with Gasteiger partial charge in [-0.15, -0.1) is 0 Å². The predicted molar refractivity (Wildman–Crippen MR) is 160 cm³/mol. The maximum atomic E-state index is 10.6. The topological polar surface area (TPSA) is 173 Å². The maximum Gasteiger partial charge on any atom is 0.207 e. The zero-order valence-electron chi connectivity index (χ0n) is 25.5. The minimum atomic E-state index is -0.0169. The molecule has 233 valence electrons. The van der Waals surface area contributed by atoms with Gasteiger partial charge >= 0.3 is 0 Å². The number of ketones is 1. The second-order valence-electron chi connectivity index (χ2n) is 9.71. The van der Waals surface area contributed by atoms with Crippen molar-refractivity contribution in [1.82, 2.24) is 5.32 Å². The van der Waals surface area contributed by atoms with E-state index in [0.717, 1.165) is 43.1 Å². The van der Waals surface area contributed by atoms with Gasteiger partial charge in [-0.3, -0.25) is 15.9 Å². The van der Waals surface area contributed by atoms with E-state index in [-0.39, 0.29) is 44.6 Å². The summed E-state index contributed by atoms with van der Waals surface area (Å²) in [7, 11) is 0. The molecule has 0 saturated heterocycles. The van der Waals surface area contributed by atoms with Crippen molar-refractivity contribution in [3.05, 3.63) is 35.4 Å². The standard InChI is InChI=1S/C10H12N5O.C8H18O.C6H12O2.C5H12O.Re/c11-6-14-15-10(12)9-3-1-8(2-4-9)5-13-7-16;1-4-6-9-7-5-8(2)3;1-5(2)6(8)3-4-7;1-5(2)3-4-6;/h1-4,7H,5H2,(H2,11,14)(H2,12,15)(H,13,16);8H,4-7H2,1-3H3;5,7H,3-4H2,1-2H3;5-6H,3-4H2,1-2H3;/q-1;;;;. The molecule has 0 saturated carbocycles. The number of rotatable bonds is 15. The molecule has 0 aliphatic heterocycles. The van der Waals surface area contributed by atoms with Gasteiger partial charge < -0.3 is 36.8 Å². The quantitative estimate of drug-likeness (QED) is 0.0349. The molecule has 1 aromatic carbocycles. The number of nitrogens with two attached hydrogens (primary N) is 2. The minimum absolute atomic E-state index is 0. The van der Waals surface area contributed by atoms with Gasteiger partial charge in [0.1, 0.15) is 11.6 Å². The minimum Gasteiger partial charge on any atom is -0.561 e. The number of aliphatic hydroxyl groups is 2. The molecule has 1 radical (unpaired) electrons. The number of nitrogens with zero attached hydrogens (tertiary/aromatic N) is 2. The van der Waals surface area contributed by atoms with Crippen LogP contribution in [0.25, 0.3) is 0 Å². The fourth-order valence-electron chi connectivity index (χ4n) is 2.32. The van der Waals surface area contributed by atoms with E-state index in [1.807, 2.05) is 32.3 Å². The first kappa shape index (κ1) is 44.8. The van der Waals surface area contributed by atoms with Gasteiger partial charge in [-0.1, -0.05) is 72.7 Å². The molecule has 0 bridgehead atoms. The first-order valence-corrected chi connectivity index (χ1v) is 13.6. The van der Waals surface area contributed by atoms with Crippen molar-refractivity contribution in [2.24, 2.45) is 39.4 Å². The van der Waals surface area contributed by atoms with Crippen LogP contribution in [0.15, 0.2) is 34.5 Å². The van der Waals surface area contributed by atoms with Crippen LogP contribution in [0.2, 0.25) is 0 Å². The molecule has 7 N–H and O–H groups in total. The zero-order valence-corrected chi connectivity index (χ0v) is 28.2. The number of hydrogen-bond acceptors (Lipinski definition) is 7. The largest absolute Gasteiger partial charge is 0.561 e. The van der Waals surface area contributed by atoms with Gasteiger partial charge in [-0.05, 0) is 36.7 Å². The van der Waals surface area contributed by atoms with E-state index in [4.69, 9.17) is 26.4 Å². The van der Waals surface area contributed by atoms with Gasteiger partial charge in [-0.2, -0.15) is 5.10 Å². The van der Waals surface area contributed by atoms with Crippen molar-refractivity contribution in [1.29, 1.82) is 0 Å². The van der Waals surface area contributed by atoms with Crippen LogP contribution < -0.4 is 16.8 Å². The predicted octanol–water partition coefficient (Wildman–Crippen LogP) is 3.49. The maximum absolute atomic E-state index is 10.6. The molecule has 0 fully saturated rings. The van der Waals surface area contributed by atoms with Crippen molar-refractivity contribution in [2.75, 3.05) is 26.4 Å². The summed E-state index contributed by atoms with van der Waals surface area (Å²) in [4.78, 5) is 20.7. The second-order valence-corrected chi connectivity index (χ2v) is 9.71. The Labute approximate surface area is 256 Å². The van der Waals surface area contributed by atoms with Crippen molar-refractivity contribution in [3.63, 3.8) is 0 Å². The molecule has 0 spiro atoms. The Morgan fingerprint density at radius 1 is 1.02 bits per heavy atom. The molecule has 11 heteroatoms. The SMILES string of the molecule is CC(C)C(=O)CCO.CC(C)CCO.CCCOCCC(C)C.N[C-]=N/N=C(\N)c1ccc(CNC=O)cc1.[Re]. The Morgan fingerprint density at radius 3 is 1.95 bits per heavy atom. The summed E-state index contributed by atoms with van der Waals surface area (Å²) >= 11 is 0. The van der Waals surface area contributed by atoms with Crippen LogP contribution in [0.1, 0.15) is 85.3 Å². The Hall–Kier alpha value is -2.16. The van der Waals surface area contributed by atoms with Crippen LogP contribution in [-0.2, 0) is 41.3 Å². The Balaban J connectivity index is -0.000000232. The van der Waals surface area contributed by atoms with E-state index < -0.39 is 0 Å². The summed E-state index contributed by atoms with van der Waals surface area (Å²) in [6, 6.07) is 7.24. The number of carbonyl (C=O) groups is 2. The van der Waals surface area contributed by atoms with Crippen molar-refractivity contribution < 1.29 is 45.0 Å². The number of amidine groups is 1. The van der Waals surface area contributed by atoms with Gasteiger partial charge in [0.15, 0.2) is 0 Å². The number of hydrogen-bond donors (Lipinski definition) is 5. The van der Waals surface area contributed by atoms with Gasteiger partial charge in [0.25, 0.3) is 0 Å². The average molecular weight is 739 g/mol. The molecule has 0 aromatic heterocycles. The summed E-state index contributed by atoms with van der Waals surface area (Å²) in [5.74, 6) is 1.89. The first-order chi connectivity index (χ1) is 18.5. The molecule has 0 unspecified atom stereocenters. The van der Waals surface area contributed by atoms with Crippen molar-refractivity contribution >= 4 is 24.4 Å². The zero-order chi connectivity index (χ0) is 30.5. The molecular weight excluding hydrogens is 685 g/mol. The van der Waals surface area contributed by atoms with Crippen molar-refractivity contribution in [3.8, 4) is 0 Å². The fourth-order valence-corrected chi connectivity index (χ4v) is 2.32. The molecule has 10 nitrogen and oxygen atoms in total. The van der Waals surface area contributed by atoms with Gasteiger partial charge in [0.2, 0.25) is 6.41 Å². The van der Waals surface area contributed by atoms with E-state index in [2.05, 4.69) is 50.1 Å². The summed E-state index contributed by atoms with van der Waals surface area (Å²) in [6.45, 7) is 17.1. The van der Waals surface area contributed by atoms with Gasteiger partial charge in [0, 0.05) is 71.3 Å². The van der Waals surface area contributed by atoms with Crippen LogP contribution >= 0.6 is 0 Å². The average Bonchev–Trinajstić information content (AvgIpc) is 2.90. The van der Waals surface area contributed by atoms with Gasteiger partial charge in [0.05, 0.1) is 0 Å². The monoisotopic (exact) mass is 739 g/mol. The third-order valence-electron chi connectivity index (χ3n) is 4.75. The third-order valence-corrected chi connectivity index (χ3v) is 4.75. The molecule has 1 amide bonds. The molecule has 1 rings (SSSR count). The number of carbonyl (C=O) groups excluding carboxylic acids is 2.